The first-order chi connectivity index (χ1) is 16.8. The van der Waals surface area contributed by atoms with Crippen LogP contribution < -0.4 is 5.32 Å². The molecular formula is C28H32N4O3. The largest absolute Gasteiger partial charge is 0.459 e. The number of aromatic nitrogens is 2. The normalized spacial score (nSPS) is 26.5. The SMILES string of the molecule is CC12CCC(C1)C(C)(C)C2NC(=O)c1nc(-c2ccccc2)n2c1CN(C(=O)c1ccco1)CC2. The average Bonchev–Trinajstić information content (AvgIpc) is 3.63. The van der Waals surface area contributed by atoms with Crippen molar-refractivity contribution in [3.8, 4) is 11.4 Å². The number of fused-ring (bicyclic) bond motifs is 3. The predicted molar refractivity (Wildman–Crippen MR) is 132 cm³/mol. The molecule has 3 aromatic rings. The minimum atomic E-state index is -0.170. The second kappa shape index (κ2) is 7.83. The van der Waals surface area contributed by atoms with Crippen LogP contribution in [-0.4, -0.2) is 38.9 Å². The molecule has 3 aliphatic rings. The molecule has 1 aromatic carbocycles. The molecule has 182 valence electrons. The molecule has 1 N–H and O–H groups in total. The van der Waals surface area contributed by atoms with Crippen molar-refractivity contribution in [3.05, 3.63) is 65.9 Å². The van der Waals surface area contributed by atoms with E-state index in [1.807, 2.05) is 30.3 Å². The number of amides is 2. The minimum absolute atomic E-state index is 0.0476. The summed E-state index contributed by atoms with van der Waals surface area (Å²) in [5.41, 5.74) is 2.33. The fourth-order valence-electron chi connectivity index (χ4n) is 6.95. The van der Waals surface area contributed by atoms with Crippen molar-refractivity contribution in [2.45, 2.75) is 59.2 Å². The zero-order valence-electron chi connectivity index (χ0n) is 20.6. The first-order valence-corrected chi connectivity index (χ1v) is 12.6. The van der Waals surface area contributed by atoms with Crippen LogP contribution in [0.4, 0.5) is 0 Å². The van der Waals surface area contributed by atoms with Gasteiger partial charge in [0.1, 0.15) is 5.82 Å². The molecule has 0 radical (unpaired) electrons. The lowest BCUT2D eigenvalue weighted by atomic mass is 9.68. The van der Waals surface area contributed by atoms with Gasteiger partial charge in [0.05, 0.1) is 18.5 Å². The zero-order chi connectivity index (χ0) is 24.4. The minimum Gasteiger partial charge on any atom is -0.459 e. The highest BCUT2D eigenvalue weighted by Crippen LogP contribution is 2.62. The van der Waals surface area contributed by atoms with Crippen molar-refractivity contribution < 1.29 is 14.0 Å². The Morgan fingerprint density at radius 2 is 1.89 bits per heavy atom. The van der Waals surface area contributed by atoms with Crippen LogP contribution in [0.2, 0.25) is 0 Å². The molecule has 2 aromatic heterocycles. The topological polar surface area (TPSA) is 80.4 Å². The van der Waals surface area contributed by atoms with Gasteiger partial charge < -0.3 is 19.2 Å². The molecule has 3 unspecified atom stereocenters. The maximum atomic E-state index is 13.8. The Kier molecular flexibility index (Phi) is 4.95. The number of imidazole rings is 1. The molecule has 7 heteroatoms. The summed E-state index contributed by atoms with van der Waals surface area (Å²) in [7, 11) is 0. The highest BCUT2D eigenvalue weighted by Gasteiger charge is 2.59. The molecule has 3 heterocycles. The van der Waals surface area contributed by atoms with Crippen molar-refractivity contribution >= 4 is 11.8 Å². The first kappa shape index (κ1) is 22.1. The van der Waals surface area contributed by atoms with E-state index in [1.54, 1.807) is 17.0 Å². The second-order valence-corrected chi connectivity index (χ2v) is 11.3. The highest BCUT2D eigenvalue weighted by molar-refractivity contribution is 5.95. The molecule has 2 aliphatic carbocycles. The smallest absolute Gasteiger partial charge is 0.289 e. The fourth-order valence-corrected chi connectivity index (χ4v) is 6.95. The van der Waals surface area contributed by atoms with Gasteiger partial charge in [-0.25, -0.2) is 4.98 Å². The van der Waals surface area contributed by atoms with Gasteiger partial charge in [0.2, 0.25) is 0 Å². The molecule has 7 nitrogen and oxygen atoms in total. The molecule has 0 saturated heterocycles. The van der Waals surface area contributed by atoms with Crippen LogP contribution >= 0.6 is 0 Å². The molecule has 0 spiro atoms. The molecule has 35 heavy (non-hydrogen) atoms. The average molecular weight is 473 g/mol. The summed E-state index contributed by atoms with van der Waals surface area (Å²) in [6.07, 6.45) is 5.05. The van der Waals surface area contributed by atoms with Gasteiger partial charge in [-0.15, -0.1) is 0 Å². The van der Waals surface area contributed by atoms with Crippen LogP contribution in [0.5, 0.6) is 0 Å². The van der Waals surface area contributed by atoms with Crippen LogP contribution in [0.15, 0.2) is 53.1 Å². The van der Waals surface area contributed by atoms with E-state index in [1.165, 1.54) is 12.7 Å². The number of furan rings is 1. The zero-order valence-corrected chi connectivity index (χ0v) is 20.6. The molecule has 1 aliphatic heterocycles. The lowest BCUT2D eigenvalue weighted by molar-refractivity contribution is 0.0668. The van der Waals surface area contributed by atoms with Gasteiger partial charge >= 0.3 is 0 Å². The van der Waals surface area contributed by atoms with Crippen LogP contribution in [-0.2, 0) is 13.1 Å². The Balaban J connectivity index is 1.36. The van der Waals surface area contributed by atoms with Crippen LogP contribution in [0, 0.1) is 16.7 Å². The van der Waals surface area contributed by atoms with E-state index in [2.05, 4.69) is 30.7 Å². The lowest BCUT2D eigenvalue weighted by Crippen LogP contribution is -2.52. The van der Waals surface area contributed by atoms with Crippen LogP contribution in [0.1, 0.15) is 66.8 Å². The number of carbonyl (C=O) groups excluding carboxylic acids is 2. The fraction of sp³-hybridized carbons (Fsp3) is 0.464. The first-order valence-electron chi connectivity index (χ1n) is 12.6. The summed E-state index contributed by atoms with van der Waals surface area (Å²) in [6.45, 7) is 8.30. The maximum Gasteiger partial charge on any atom is 0.289 e. The number of nitrogens with zero attached hydrogens (tertiary/aromatic N) is 3. The Morgan fingerprint density at radius 3 is 2.57 bits per heavy atom. The molecule has 2 amide bonds. The summed E-state index contributed by atoms with van der Waals surface area (Å²) in [5, 5.41) is 3.41. The van der Waals surface area contributed by atoms with Crippen molar-refractivity contribution in [1.82, 2.24) is 19.8 Å². The van der Waals surface area contributed by atoms with Crippen molar-refractivity contribution in [1.29, 1.82) is 0 Å². The van der Waals surface area contributed by atoms with Gasteiger partial charge in [-0.3, -0.25) is 9.59 Å². The van der Waals surface area contributed by atoms with Crippen molar-refractivity contribution in [2.24, 2.45) is 16.7 Å². The van der Waals surface area contributed by atoms with Crippen molar-refractivity contribution in [3.63, 3.8) is 0 Å². The second-order valence-electron chi connectivity index (χ2n) is 11.3. The molecule has 2 fully saturated rings. The van der Waals surface area contributed by atoms with Gasteiger partial charge in [-0.2, -0.15) is 0 Å². The molecular weight excluding hydrogens is 440 g/mol. The molecule has 6 rings (SSSR count). The highest BCUT2D eigenvalue weighted by atomic mass is 16.3. The lowest BCUT2D eigenvalue weighted by Gasteiger charge is -2.43. The van der Waals surface area contributed by atoms with Crippen LogP contribution in [0.3, 0.4) is 0 Å². The van der Waals surface area contributed by atoms with Crippen molar-refractivity contribution in [2.75, 3.05) is 6.54 Å². The predicted octanol–water partition coefficient (Wildman–Crippen LogP) is 4.74. The van der Waals surface area contributed by atoms with Gasteiger partial charge in [0.25, 0.3) is 11.8 Å². The number of nitrogens with one attached hydrogen (secondary N) is 1. The van der Waals surface area contributed by atoms with E-state index in [-0.39, 0.29) is 28.7 Å². The van der Waals surface area contributed by atoms with Gasteiger partial charge in [-0.05, 0) is 48.1 Å². The maximum absolute atomic E-state index is 13.8. The third kappa shape index (κ3) is 3.43. The summed E-state index contributed by atoms with van der Waals surface area (Å²) in [5.74, 6) is 1.40. The summed E-state index contributed by atoms with van der Waals surface area (Å²) in [6, 6.07) is 13.4. The van der Waals surface area contributed by atoms with E-state index in [0.717, 1.165) is 29.9 Å². The summed E-state index contributed by atoms with van der Waals surface area (Å²) < 4.78 is 7.45. The quantitative estimate of drug-likeness (QED) is 0.595. The van der Waals surface area contributed by atoms with Crippen LogP contribution in [0.25, 0.3) is 11.4 Å². The monoisotopic (exact) mass is 472 g/mol. The number of rotatable bonds is 4. The number of hydrogen-bond acceptors (Lipinski definition) is 4. The third-order valence-corrected chi connectivity index (χ3v) is 8.82. The van der Waals surface area contributed by atoms with E-state index in [0.29, 0.717) is 37.0 Å². The molecule has 3 atom stereocenters. The molecule has 2 saturated carbocycles. The van der Waals surface area contributed by atoms with Gasteiger partial charge in [-0.1, -0.05) is 51.1 Å². The number of carbonyl (C=O) groups is 2. The Bertz CT molecular complexity index is 1270. The number of hydrogen-bond donors (Lipinski definition) is 1. The summed E-state index contributed by atoms with van der Waals surface area (Å²) >= 11 is 0. The third-order valence-electron chi connectivity index (χ3n) is 8.82. The van der Waals surface area contributed by atoms with Gasteiger partial charge in [0.15, 0.2) is 11.5 Å². The van der Waals surface area contributed by atoms with E-state index < -0.39 is 0 Å². The van der Waals surface area contributed by atoms with Gasteiger partial charge in [0, 0.05) is 24.7 Å². The summed E-state index contributed by atoms with van der Waals surface area (Å²) in [4.78, 5) is 33.5. The Labute approximate surface area is 205 Å². The van der Waals surface area contributed by atoms with E-state index in [4.69, 9.17) is 9.40 Å². The standard InChI is InChI=1S/C28H32N4O3/c1-27(2)19-11-12-28(3,16-19)26(27)30-24(33)22-20-17-31(25(34)21-10-7-15-35-21)13-14-32(20)23(29-22)18-8-5-4-6-9-18/h4-10,15,19,26H,11-14,16-17H2,1-3H3,(H,30,33). The molecule has 2 bridgehead atoms. The number of benzene rings is 1. The van der Waals surface area contributed by atoms with E-state index in [9.17, 15) is 9.59 Å². The Morgan fingerprint density at radius 1 is 1.09 bits per heavy atom. The Hall–Kier alpha value is -3.35. The van der Waals surface area contributed by atoms with E-state index >= 15 is 0 Å².